The van der Waals surface area contributed by atoms with Gasteiger partial charge in [-0.15, -0.1) is 0 Å². The van der Waals surface area contributed by atoms with Crippen LogP contribution in [0.1, 0.15) is 18.4 Å². The lowest BCUT2D eigenvalue weighted by Gasteiger charge is -2.14. The summed E-state index contributed by atoms with van der Waals surface area (Å²) in [4.78, 5) is 23.1. The first-order chi connectivity index (χ1) is 11.1. The lowest BCUT2D eigenvalue weighted by molar-refractivity contribution is -0.142. The molecule has 0 aromatic heterocycles. The van der Waals surface area contributed by atoms with Crippen LogP contribution in [0.2, 0.25) is 0 Å². The fraction of sp³-hybridized carbons (Fsp3) is 0.263. The minimum atomic E-state index is -0.994. The van der Waals surface area contributed by atoms with Gasteiger partial charge >= 0.3 is 5.97 Å². The highest BCUT2D eigenvalue weighted by Crippen LogP contribution is 2.29. The first-order valence-electron chi connectivity index (χ1n) is 7.81. The number of aliphatic carboxylic acids is 1. The third-order valence-electron chi connectivity index (χ3n) is 4.06. The van der Waals surface area contributed by atoms with Gasteiger partial charge in [0.1, 0.15) is 6.04 Å². The lowest BCUT2D eigenvalue weighted by Crippen LogP contribution is -2.43. The molecule has 0 heterocycles. The average Bonchev–Trinajstić information content (AvgIpc) is 3.40. The van der Waals surface area contributed by atoms with Crippen molar-refractivity contribution in [3.05, 3.63) is 60.2 Å². The zero-order chi connectivity index (χ0) is 16.2. The standard InChI is InChI=1S/C19H19NO3/c21-18(16-10-11-16)20-17(19(22)23)12-13-6-8-15(9-7-13)14-4-2-1-3-5-14/h1-9,16-17H,10-12H2,(H,20,21)(H,22,23)/t17-/m0/s1. The van der Waals surface area contributed by atoms with Gasteiger partial charge in [0.25, 0.3) is 0 Å². The Kier molecular flexibility index (Phi) is 4.42. The highest BCUT2D eigenvalue weighted by Gasteiger charge is 2.32. The fourth-order valence-corrected chi connectivity index (χ4v) is 2.53. The van der Waals surface area contributed by atoms with Crippen LogP contribution in [-0.2, 0) is 16.0 Å². The van der Waals surface area contributed by atoms with Gasteiger partial charge in [0.05, 0.1) is 0 Å². The molecule has 1 aliphatic carbocycles. The Morgan fingerprint density at radius 2 is 1.61 bits per heavy atom. The third kappa shape index (κ3) is 3.97. The van der Waals surface area contributed by atoms with Gasteiger partial charge in [-0.1, -0.05) is 54.6 Å². The molecule has 4 nitrogen and oxygen atoms in total. The summed E-state index contributed by atoms with van der Waals surface area (Å²) in [6, 6.07) is 16.9. The van der Waals surface area contributed by atoms with Gasteiger partial charge in [-0.25, -0.2) is 4.79 Å². The van der Waals surface area contributed by atoms with Gasteiger partial charge in [0, 0.05) is 12.3 Å². The Hall–Kier alpha value is -2.62. The molecule has 1 fully saturated rings. The van der Waals surface area contributed by atoms with Gasteiger partial charge in [-0.05, 0) is 29.5 Å². The third-order valence-corrected chi connectivity index (χ3v) is 4.06. The molecule has 1 amide bonds. The van der Waals surface area contributed by atoms with Crippen molar-refractivity contribution >= 4 is 11.9 Å². The molecule has 2 aromatic carbocycles. The monoisotopic (exact) mass is 309 g/mol. The molecule has 0 radical (unpaired) electrons. The summed E-state index contributed by atoms with van der Waals surface area (Å²) in [7, 11) is 0. The van der Waals surface area contributed by atoms with Gasteiger partial charge in [-0.2, -0.15) is 0 Å². The van der Waals surface area contributed by atoms with Crippen LogP contribution in [-0.4, -0.2) is 23.0 Å². The Balaban J connectivity index is 1.68. The molecule has 0 saturated heterocycles. The summed E-state index contributed by atoms with van der Waals surface area (Å²) in [5, 5.41) is 11.9. The summed E-state index contributed by atoms with van der Waals surface area (Å²) < 4.78 is 0. The highest BCUT2D eigenvalue weighted by atomic mass is 16.4. The maximum atomic E-state index is 11.8. The number of rotatable bonds is 6. The summed E-state index contributed by atoms with van der Waals surface area (Å²) in [6.07, 6.45) is 2.02. The minimum absolute atomic E-state index is 0.0114. The highest BCUT2D eigenvalue weighted by molar-refractivity contribution is 5.86. The second-order valence-electron chi connectivity index (χ2n) is 5.94. The maximum Gasteiger partial charge on any atom is 0.326 e. The number of amides is 1. The molecule has 1 aliphatic rings. The Bertz CT molecular complexity index is 690. The Labute approximate surface area is 135 Å². The molecule has 4 heteroatoms. The second-order valence-corrected chi connectivity index (χ2v) is 5.94. The molecule has 23 heavy (non-hydrogen) atoms. The Morgan fingerprint density at radius 3 is 2.17 bits per heavy atom. The van der Waals surface area contributed by atoms with Crippen LogP contribution in [0.25, 0.3) is 11.1 Å². The van der Waals surface area contributed by atoms with Crippen LogP contribution >= 0.6 is 0 Å². The minimum Gasteiger partial charge on any atom is -0.480 e. The van der Waals surface area contributed by atoms with Gasteiger partial charge in [0.15, 0.2) is 0 Å². The molecular formula is C19H19NO3. The van der Waals surface area contributed by atoms with Crippen LogP contribution in [0.15, 0.2) is 54.6 Å². The van der Waals surface area contributed by atoms with E-state index in [1.165, 1.54) is 0 Å². The van der Waals surface area contributed by atoms with Crippen molar-refractivity contribution in [3.8, 4) is 11.1 Å². The van der Waals surface area contributed by atoms with E-state index >= 15 is 0 Å². The molecule has 0 bridgehead atoms. The zero-order valence-corrected chi connectivity index (χ0v) is 12.7. The van der Waals surface area contributed by atoms with Gasteiger partial charge in [0.2, 0.25) is 5.91 Å². The number of carboxylic acid groups (broad SMARTS) is 1. The van der Waals surface area contributed by atoms with Crippen molar-refractivity contribution < 1.29 is 14.7 Å². The van der Waals surface area contributed by atoms with Crippen LogP contribution in [0.4, 0.5) is 0 Å². The Morgan fingerprint density at radius 1 is 1.00 bits per heavy atom. The molecule has 0 aliphatic heterocycles. The first kappa shape index (κ1) is 15.3. The van der Waals surface area contributed by atoms with E-state index in [0.29, 0.717) is 6.42 Å². The van der Waals surface area contributed by atoms with E-state index in [9.17, 15) is 14.7 Å². The number of benzene rings is 2. The summed E-state index contributed by atoms with van der Waals surface area (Å²) in [6.45, 7) is 0. The molecule has 3 rings (SSSR count). The summed E-state index contributed by atoms with van der Waals surface area (Å²) in [5.41, 5.74) is 3.10. The SMILES string of the molecule is O=C(N[C@@H](Cc1ccc(-c2ccccc2)cc1)C(=O)O)C1CC1. The number of hydrogen-bond donors (Lipinski definition) is 2. The van der Waals surface area contributed by atoms with Crippen molar-refractivity contribution in [2.45, 2.75) is 25.3 Å². The predicted octanol–water partition coefficient (Wildman–Crippen LogP) is 2.88. The maximum absolute atomic E-state index is 11.8. The molecule has 1 atom stereocenters. The molecule has 0 spiro atoms. The zero-order valence-electron chi connectivity index (χ0n) is 12.7. The van der Waals surface area contributed by atoms with E-state index in [0.717, 1.165) is 29.5 Å². The van der Waals surface area contributed by atoms with Gasteiger partial charge in [-0.3, -0.25) is 4.79 Å². The largest absolute Gasteiger partial charge is 0.480 e. The number of hydrogen-bond acceptors (Lipinski definition) is 2. The molecular weight excluding hydrogens is 290 g/mol. The lowest BCUT2D eigenvalue weighted by atomic mass is 10.0. The molecule has 118 valence electrons. The van der Waals surface area contributed by atoms with Crippen molar-refractivity contribution in [2.24, 2.45) is 5.92 Å². The number of nitrogens with one attached hydrogen (secondary N) is 1. The van der Waals surface area contributed by atoms with E-state index in [-0.39, 0.29) is 11.8 Å². The van der Waals surface area contributed by atoms with E-state index in [1.54, 1.807) is 0 Å². The van der Waals surface area contributed by atoms with Crippen molar-refractivity contribution in [3.63, 3.8) is 0 Å². The smallest absolute Gasteiger partial charge is 0.326 e. The molecule has 2 aromatic rings. The molecule has 2 N–H and O–H groups in total. The quantitative estimate of drug-likeness (QED) is 0.862. The van der Waals surface area contributed by atoms with Crippen LogP contribution in [0.3, 0.4) is 0 Å². The fourth-order valence-electron chi connectivity index (χ4n) is 2.53. The average molecular weight is 309 g/mol. The van der Waals surface area contributed by atoms with Crippen LogP contribution in [0.5, 0.6) is 0 Å². The van der Waals surface area contributed by atoms with E-state index in [2.05, 4.69) is 5.32 Å². The summed E-state index contributed by atoms with van der Waals surface area (Å²) in [5.74, 6) is -1.12. The van der Waals surface area contributed by atoms with E-state index < -0.39 is 12.0 Å². The number of carboxylic acids is 1. The van der Waals surface area contributed by atoms with Crippen LogP contribution < -0.4 is 5.32 Å². The number of carbonyl (C=O) groups is 2. The van der Waals surface area contributed by atoms with Crippen LogP contribution in [0, 0.1) is 5.92 Å². The topological polar surface area (TPSA) is 66.4 Å². The summed E-state index contributed by atoms with van der Waals surface area (Å²) >= 11 is 0. The predicted molar refractivity (Wildman–Crippen MR) is 87.9 cm³/mol. The first-order valence-corrected chi connectivity index (χ1v) is 7.81. The van der Waals surface area contributed by atoms with Crippen molar-refractivity contribution in [1.29, 1.82) is 0 Å². The second kappa shape index (κ2) is 6.65. The van der Waals surface area contributed by atoms with Crippen molar-refractivity contribution in [1.82, 2.24) is 5.32 Å². The molecule has 1 saturated carbocycles. The van der Waals surface area contributed by atoms with E-state index in [1.807, 2.05) is 54.6 Å². The normalized spacial score (nSPS) is 15.0. The molecule has 0 unspecified atom stereocenters. The van der Waals surface area contributed by atoms with Crippen molar-refractivity contribution in [2.75, 3.05) is 0 Å². The van der Waals surface area contributed by atoms with E-state index in [4.69, 9.17) is 0 Å². The van der Waals surface area contributed by atoms with Gasteiger partial charge < -0.3 is 10.4 Å². The number of carbonyl (C=O) groups excluding carboxylic acids is 1.